The van der Waals surface area contributed by atoms with E-state index in [-0.39, 0.29) is 10.7 Å². The third-order valence-corrected chi connectivity index (χ3v) is 4.38. The second-order valence-corrected chi connectivity index (χ2v) is 5.71. The molecule has 1 saturated heterocycles. The van der Waals surface area contributed by atoms with E-state index in [4.69, 9.17) is 16.6 Å². The quantitative estimate of drug-likeness (QED) is 0.680. The van der Waals surface area contributed by atoms with Crippen LogP contribution in [0.25, 0.3) is 11.5 Å². The molecule has 1 atom stereocenters. The molecule has 0 radical (unpaired) electrons. The first-order chi connectivity index (χ1) is 9.67. The maximum atomic E-state index is 12.0. The molecule has 5 nitrogen and oxygen atoms in total. The fourth-order valence-electron chi connectivity index (χ4n) is 2.27. The van der Waals surface area contributed by atoms with E-state index in [9.17, 15) is 4.79 Å². The minimum Gasteiger partial charge on any atom is -0.409 e. The van der Waals surface area contributed by atoms with E-state index in [0.717, 1.165) is 23.1 Å². The van der Waals surface area contributed by atoms with Crippen molar-refractivity contribution in [2.24, 2.45) is 5.92 Å². The van der Waals surface area contributed by atoms with Crippen molar-refractivity contribution in [2.75, 3.05) is 16.8 Å². The zero-order valence-corrected chi connectivity index (χ0v) is 12.9. The molecule has 7 heteroatoms. The number of carbonyl (C=O) groups is 1. The van der Waals surface area contributed by atoms with Crippen LogP contribution < -0.4 is 4.90 Å². The lowest BCUT2D eigenvalue weighted by Crippen LogP contribution is -2.24. The number of anilines is 1. The van der Waals surface area contributed by atoms with Crippen molar-refractivity contribution in [2.45, 2.75) is 6.42 Å². The minimum atomic E-state index is 0.166. The fraction of sp³-hybridized carbons (Fsp3) is 0.308. The number of hydrogen-bond acceptors (Lipinski definition) is 4. The van der Waals surface area contributed by atoms with Crippen LogP contribution in [0, 0.1) is 10.8 Å². The van der Waals surface area contributed by atoms with Crippen molar-refractivity contribution in [1.29, 1.82) is 0 Å². The van der Waals surface area contributed by atoms with Gasteiger partial charge in [0.1, 0.15) is 0 Å². The molecule has 1 unspecified atom stereocenters. The third-order valence-electron chi connectivity index (χ3n) is 3.29. The number of benzene rings is 1. The van der Waals surface area contributed by atoms with Crippen LogP contribution >= 0.6 is 28.1 Å². The molecule has 0 bridgehead atoms. The Morgan fingerprint density at radius 1 is 1.45 bits per heavy atom. The summed E-state index contributed by atoms with van der Waals surface area (Å²) >= 11 is 8.28. The number of aromatic nitrogens is 2. The van der Waals surface area contributed by atoms with Crippen LogP contribution in [0.4, 0.5) is 5.69 Å². The van der Waals surface area contributed by atoms with Gasteiger partial charge in [0.05, 0.1) is 0 Å². The monoisotopic (exact) mass is 353 g/mol. The Labute approximate surface area is 129 Å². The number of hydrogen-bond donors (Lipinski definition) is 1. The number of carbonyl (C=O) groups excluding carboxylic acids is 1. The highest BCUT2D eigenvalue weighted by atomic mass is 79.9. The topological polar surface area (TPSA) is 62.1 Å². The molecule has 1 amide bonds. The summed E-state index contributed by atoms with van der Waals surface area (Å²) in [6.07, 6.45) is 0.598. The third kappa shape index (κ3) is 2.55. The van der Waals surface area contributed by atoms with Gasteiger partial charge in [0, 0.05) is 29.5 Å². The summed E-state index contributed by atoms with van der Waals surface area (Å²) < 4.78 is 5.25. The first-order valence-electron chi connectivity index (χ1n) is 6.19. The van der Waals surface area contributed by atoms with Crippen molar-refractivity contribution in [3.8, 4) is 11.5 Å². The molecule has 1 aromatic carbocycles. The van der Waals surface area contributed by atoms with Crippen molar-refractivity contribution < 1.29 is 9.21 Å². The molecule has 20 heavy (non-hydrogen) atoms. The van der Waals surface area contributed by atoms with Gasteiger partial charge in [-0.15, -0.1) is 5.10 Å². The predicted octanol–water partition coefficient (Wildman–Crippen LogP) is 3.15. The molecule has 1 aromatic heterocycles. The molecule has 1 N–H and O–H groups in total. The maximum Gasteiger partial charge on any atom is 0.284 e. The fourth-order valence-corrected chi connectivity index (χ4v) is 2.83. The lowest BCUT2D eigenvalue weighted by molar-refractivity contribution is -0.117. The molecule has 2 heterocycles. The van der Waals surface area contributed by atoms with Crippen LogP contribution in [0.5, 0.6) is 0 Å². The van der Waals surface area contributed by atoms with E-state index in [0.29, 0.717) is 18.2 Å². The minimum absolute atomic E-state index is 0.166. The van der Waals surface area contributed by atoms with Gasteiger partial charge in [-0.1, -0.05) is 15.9 Å². The number of amides is 1. The van der Waals surface area contributed by atoms with Crippen LogP contribution in [0.3, 0.4) is 0 Å². The highest BCUT2D eigenvalue weighted by Crippen LogP contribution is 2.28. The number of nitrogens with one attached hydrogen (secondary N) is 1. The number of aromatic amines is 1. The highest BCUT2D eigenvalue weighted by Gasteiger charge is 2.29. The SMILES string of the molecule is O=C1CC(CBr)CN1c1ccc(-c2n[nH]c(=S)o2)cc1. The molecule has 0 aliphatic carbocycles. The number of H-pyrrole nitrogens is 1. The summed E-state index contributed by atoms with van der Waals surface area (Å²) in [5, 5.41) is 7.40. The molecule has 3 rings (SSSR count). The van der Waals surface area contributed by atoms with Gasteiger partial charge in [-0.05, 0) is 42.4 Å². The van der Waals surface area contributed by atoms with E-state index in [1.807, 2.05) is 29.2 Å². The summed E-state index contributed by atoms with van der Waals surface area (Å²) in [4.78, 5) is 14.0. The standard InChI is InChI=1S/C13H12BrN3O2S/c14-6-8-5-11(18)17(7-8)10-3-1-9(2-4-10)12-15-16-13(20)19-12/h1-4,8H,5-7H2,(H,16,20). The lowest BCUT2D eigenvalue weighted by atomic mass is 10.1. The number of rotatable bonds is 3. The number of alkyl halides is 1. The first kappa shape index (κ1) is 13.5. The molecular weight excluding hydrogens is 342 g/mol. The van der Waals surface area contributed by atoms with Gasteiger partial charge >= 0.3 is 0 Å². The Balaban J connectivity index is 1.83. The van der Waals surface area contributed by atoms with E-state index in [2.05, 4.69) is 26.1 Å². The van der Waals surface area contributed by atoms with Crippen LogP contribution in [-0.2, 0) is 4.79 Å². The van der Waals surface area contributed by atoms with E-state index >= 15 is 0 Å². The predicted molar refractivity (Wildman–Crippen MR) is 81.4 cm³/mol. The Morgan fingerprint density at radius 3 is 2.75 bits per heavy atom. The number of halogens is 1. The molecule has 0 saturated carbocycles. The average Bonchev–Trinajstić information content (AvgIpc) is 3.05. The molecule has 0 spiro atoms. The van der Waals surface area contributed by atoms with E-state index < -0.39 is 0 Å². The molecule has 1 aliphatic rings. The largest absolute Gasteiger partial charge is 0.409 e. The Morgan fingerprint density at radius 2 is 2.20 bits per heavy atom. The van der Waals surface area contributed by atoms with Gasteiger partial charge in [-0.3, -0.25) is 4.79 Å². The van der Waals surface area contributed by atoms with Crippen LogP contribution in [-0.4, -0.2) is 28.0 Å². The maximum absolute atomic E-state index is 12.0. The van der Waals surface area contributed by atoms with Gasteiger partial charge in [0.15, 0.2) is 0 Å². The summed E-state index contributed by atoms with van der Waals surface area (Å²) in [6.45, 7) is 0.756. The molecule has 1 aliphatic heterocycles. The normalized spacial score (nSPS) is 18.8. The number of nitrogens with zero attached hydrogens (tertiary/aromatic N) is 2. The molecular formula is C13H12BrN3O2S. The Kier molecular flexibility index (Phi) is 3.71. The molecule has 2 aromatic rings. The summed E-state index contributed by atoms with van der Waals surface area (Å²) in [6, 6.07) is 7.55. The average molecular weight is 354 g/mol. The summed E-state index contributed by atoms with van der Waals surface area (Å²) in [5.74, 6) is 0.999. The zero-order valence-electron chi connectivity index (χ0n) is 10.5. The molecule has 1 fully saturated rings. The van der Waals surface area contributed by atoms with Crippen molar-refractivity contribution in [3.63, 3.8) is 0 Å². The highest BCUT2D eigenvalue weighted by molar-refractivity contribution is 9.09. The lowest BCUT2D eigenvalue weighted by Gasteiger charge is -2.16. The molecule has 104 valence electrons. The van der Waals surface area contributed by atoms with Crippen LogP contribution in [0.15, 0.2) is 28.7 Å². The first-order valence-corrected chi connectivity index (χ1v) is 7.72. The van der Waals surface area contributed by atoms with Crippen molar-refractivity contribution in [3.05, 3.63) is 29.1 Å². The summed E-state index contributed by atoms with van der Waals surface area (Å²) in [7, 11) is 0. The van der Waals surface area contributed by atoms with Crippen LogP contribution in [0.1, 0.15) is 6.42 Å². The van der Waals surface area contributed by atoms with Gasteiger partial charge < -0.3 is 9.32 Å². The van der Waals surface area contributed by atoms with E-state index in [1.165, 1.54) is 0 Å². The van der Waals surface area contributed by atoms with Gasteiger partial charge in [-0.25, -0.2) is 5.10 Å². The smallest absolute Gasteiger partial charge is 0.284 e. The van der Waals surface area contributed by atoms with Crippen molar-refractivity contribution in [1.82, 2.24) is 10.2 Å². The zero-order chi connectivity index (χ0) is 14.1. The Hall–Kier alpha value is -1.47. The van der Waals surface area contributed by atoms with Gasteiger partial charge in [-0.2, -0.15) is 0 Å². The van der Waals surface area contributed by atoms with E-state index in [1.54, 1.807) is 0 Å². The second kappa shape index (κ2) is 5.49. The van der Waals surface area contributed by atoms with Crippen molar-refractivity contribution >= 4 is 39.7 Å². The Bertz CT molecular complexity index is 679. The summed E-state index contributed by atoms with van der Waals surface area (Å²) in [5.41, 5.74) is 1.72. The van der Waals surface area contributed by atoms with Gasteiger partial charge in [0.25, 0.3) is 4.84 Å². The second-order valence-electron chi connectivity index (χ2n) is 4.69. The van der Waals surface area contributed by atoms with Gasteiger partial charge in [0.2, 0.25) is 11.8 Å². The van der Waals surface area contributed by atoms with Crippen LogP contribution in [0.2, 0.25) is 0 Å².